The third-order valence-electron chi connectivity index (χ3n) is 5.83. The maximum Gasteiger partial charge on any atom is 0.305 e. The molecule has 0 radical (unpaired) electrons. The van der Waals surface area contributed by atoms with Crippen LogP contribution in [0, 0.1) is 0 Å². The van der Waals surface area contributed by atoms with Crippen molar-refractivity contribution in [1.82, 2.24) is 14.8 Å². The van der Waals surface area contributed by atoms with Crippen LogP contribution in [0.15, 0.2) is 53.8 Å². The lowest BCUT2D eigenvalue weighted by molar-refractivity contribution is -0.141. The molecule has 0 aliphatic carbocycles. The van der Waals surface area contributed by atoms with Crippen molar-refractivity contribution in [2.24, 2.45) is 0 Å². The van der Waals surface area contributed by atoms with Crippen LogP contribution >= 0.6 is 0 Å². The minimum atomic E-state index is -4.08. The number of aromatic nitrogens is 3. The second kappa shape index (κ2) is 11.5. The average molecular weight is 527 g/mol. The minimum absolute atomic E-state index is 0.0188. The summed E-state index contributed by atoms with van der Waals surface area (Å²) in [6.45, 7) is 4.42. The van der Waals surface area contributed by atoms with Gasteiger partial charge in [0.05, 0.1) is 25.9 Å². The number of fused-ring (bicyclic) bond motifs is 1. The average Bonchev–Trinajstić information content (AvgIpc) is 3.34. The topological polar surface area (TPSA) is 113 Å². The Morgan fingerprint density at radius 1 is 1.22 bits per heavy atom. The molecular weight excluding hydrogens is 496 g/mol. The summed E-state index contributed by atoms with van der Waals surface area (Å²) in [5.41, 5.74) is 2.10. The number of ether oxygens (including phenoxy) is 3. The molecule has 1 unspecified atom stereocenters. The lowest BCUT2D eigenvalue weighted by Gasteiger charge is -2.35. The first-order chi connectivity index (χ1) is 17.8. The number of anilines is 1. The molecule has 10 nitrogen and oxygen atoms in total. The summed E-state index contributed by atoms with van der Waals surface area (Å²) < 4.78 is 47.3. The summed E-state index contributed by atoms with van der Waals surface area (Å²) in [5, 5.41) is 4.28. The number of nitrogens with zero attached hydrogens (tertiary/aromatic N) is 4. The number of rotatable bonds is 10. The molecule has 196 valence electrons. The first-order valence-electron chi connectivity index (χ1n) is 12.0. The quantitative estimate of drug-likeness (QED) is 0.367. The zero-order chi connectivity index (χ0) is 26.4. The van der Waals surface area contributed by atoms with E-state index < -0.39 is 16.1 Å². The molecule has 0 amide bonds. The van der Waals surface area contributed by atoms with Crippen LogP contribution in [0.2, 0.25) is 0 Å². The summed E-state index contributed by atoms with van der Waals surface area (Å²) in [6, 6.07) is 9.12. The maximum atomic E-state index is 14.0. The number of sulfonamides is 1. The van der Waals surface area contributed by atoms with Crippen LogP contribution in [0.3, 0.4) is 0 Å². The molecule has 4 rings (SSSR count). The highest BCUT2D eigenvalue weighted by Gasteiger charge is 2.37. The van der Waals surface area contributed by atoms with Crippen molar-refractivity contribution < 1.29 is 27.4 Å². The summed E-state index contributed by atoms with van der Waals surface area (Å²) in [6.07, 6.45) is 8.55. The molecule has 0 fully saturated rings. The molecule has 37 heavy (non-hydrogen) atoms. The van der Waals surface area contributed by atoms with Crippen LogP contribution in [-0.4, -0.2) is 55.5 Å². The van der Waals surface area contributed by atoms with Gasteiger partial charge in [-0.3, -0.25) is 18.8 Å². The number of aryl methyl sites for hydroxylation is 1. The summed E-state index contributed by atoms with van der Waals surface area (Å²) in [7, 11) is -2.77. The monoisotopic (exact) mass is 526 g/mol. The molecular formula is C26H30N4O6S. The van der Waals surface area contributed by atoms with Crippen molar-refractivity contribution in [2.75, 3.05) is 24.6 Å². The number of carbonyl (C=O) groups excluding carboxylic acids is 1. The van der Waals surface area contributed by atoms with Crippen LogP contribution in [-0.2, 0) is 26.1 Å². The van der Waals surface area contributed by atoms with Gasteiger partial charge in [0.1, 0.15) is 11.9 Å². The number of esters is 1. The van der Waals surface area contributed by atoms with Crippen molar-refractivity contribution in [2.45, 2.75) is 44.2 Å². The first-order valence-corrected chi connectivity index (χ1v) is 13.5. The van der Waals surface area contributed by atoms with E-state index in [9.17, 15) is 13.2 Å². The van der Waals surface area contributed by atoms with E-state index in [1.165, 1.54) is 22.3 Å². The van der Waals surface area contributed by atoms with Gasteiger partial charge in [-0.15, -0.1) is 5.10 Å². The van der Waals surface area contributed by atoms with E-state index in [-0.39, 0.29) is 36.3 Å². The largest absolute Gasteiger partial charge is 0.486 e. The van der Waals surface area contributed by atoms with Crippen molar-refractivity contribution in [3.05, 3.63) is 60.0 Å². The van der Waals surface area contributed by atoms with E-state index in [0.29, 0.717) is 24.4 Å². The van der Waals surface area contributed by atoms with Gasteiger partial charge in [-0.1, -0.05) is 24.3 Å². The second-order valence-corrected chi connectivity index (χ2v) is 10.2. The van der Waals surface area contributed by atoms with E-state index >= 15 is 0 Å². The Morgan fingerprint density at radius 3 is 2.73 bits per heavy atom. The van der Waals surface area contributed by atoms with Crippen LogP contribution in [0.4, 0.5) is 5.69 Å². The Hall–Kier alpha value is -3.86. The fourth-order valence-electron chi connectivity index (χ4n) is 3.94. The summed E-state index contributed by atoms with van der Waals surface area (Å²) in [5.74, 6) is 0.0720. The van der Waals surface area contributed by atoms with Crippen LogP contribution < -0.4 is 13.8 Å². The fourth-order valence-corrected chi connectivity index (χ4v) is 5.52. The van der Waals surface area contributed by atoms with E-state index in [0.717, 1.165) is 11.1 Å². The third kappa shape index (κ3) is 5.93. The molecule has 3 aromatic rings. The molecule has 1 atom stereocenters. The normalized spacial score (nSPS) is 15.3. The number of pyridine rings is 1. The van der Waals surface area contributed by atoms with E-state index in [1.54, 1.807) is 31.5 Å². The predicted octanol–water partition coefficient (Wildman–Crippen LogP) is 3.78. The molecule has 1 aliphatic rings. The van der Waals surface area contributed by atoms with Crippen molar-refractivity contribution in [3.63, 3.8) is 0 Å². The van der Waals surface area contributed by atoms with Crippen LogP contribution in [0.1, 0.15) is 37.8 Å². The van der Waals surface area contributed by atoms with Gasteiger partial charge in [0.15, 0.2) is 4.90 Å². The highest BCUT2D eigenvalue weighted by Crippen LogP contribution is 2.40. The van der Waals surface area contributed by atoms with Crippen molar-refractivity contribution in [1.29, 1.82) is 0 Å². The maximum absolute atomic E-state index is 14.0. The first kappa shape index (κ1) is 26.2. The van der Waals surface area contributed by atoms with Crippen LogP contribution in [0.5, 0.6) is 11.6 Å². The van der Waals surface area contributed by atoms with E-state index in [4.69, 9.17) is 14.2 Å². The van der Waals surface area contributed by atoms with Gasteiger partial charge in [0.25, 0.3) is 15.9 Å². The Balaban J connectivity index is 1.74. The van der Waals surface area contributed by atoms with Crippen LogP contribution in [0.25, 0.3) is 12.2 Å². The molecule has 0 spiro atoms. The van der Waals surface area contributed by atoms with E-state index in [1.807, 2.05) is 37.3 Å². The van der Waals surface area contributed by atoms with Gasteiger partial charge in [0.2, 0.25) is 0 Å². The highest BCUT2D eigenvalue weighted by molar-refractivity contribution is 7.93. The summed E-state index contributed by atoms with van der Waals surface area (Å²) in [4.78, 5) is 15.8. The Kier molecular flexibility index (Phi) is 8.12. The molecule has 11 heteroatoms. The zero-order valence-electron chi connectivity index (χ0n) is 21.0. The molecule has 0 saturated carbocycles. The SMILES string of the molecule is CCOc1nn(CC)cc1S(=O)(=O)N1CC(CCC(=O)OC)Oc2ccc(/C=C/c3cccnc3)cc21. The minimum Gasteiger partial charge on any atom is -0.486 e. The lowest BCUT2D eigenvalue weighted by atomic mass is 10.1. The standard InChI is InChI=1S/C26H30N4O6S/c1-4-29-18-24(26(28-29)35-5-2)37(32,33)30-17-21(11-13-25(31)34-3)36-23-12-10-19(15-22(23)30)8-9-20-7-6-14-27-16-20/h6-10,12,14-16,18,21H,4-5,11,13,17H2,1-3H3/b9-8+. The van der Waals surface area contributed by atoms with Gasteiger partial charge in [0, 0.05) is 31.6 Å². The Labute approximate surface area is 216 Å². The van der Waals surface area contributed by atoms with Gasteiger partial charge >= 0.3 is 5.97 Å². The van der Waals surface area contributed by atoms with Gasteiger partial charge in [-0.2, -0.15) is 0 Å². The Bertz CT molecular complexity index is 1370. The van der Waals surface area contributed by atoms with E-state index in [2.05, 4.69) is 10.1 Å². The number of hydrogen-bond acceptors (Lipinski definition) is 8. The fraction of sp³-hybridized carbons (Fsp3) is 0.346. The smallest absolute Gasteiger partial charge is 0.305 e. The molecule has 1 aromatic carbocycles. The zero-order valence-corrected chi connectivity index (χ0v) is 21.8. The molecule has 2 aromatic heterocycles. The summed E-state index contributed by atoms with van der Waals surface area (Å²) >= 11 is 0. The number of carbonyl (C=O) groups is 1. The number of hydrogen-bond donors (Lipinski definition) is 0. The third-order valence-corrected chi connectivity index (χ3v) is 7.60. The molecule has 0 saturated heterocycles. The Morgan fingerprint density at radius 2 is 2.03 bits per heavy atom. The number of methoxy groups -OCH3 is 1. The van der Waals surface area contributed by atoms with Gasteiger partial charge in [-0.25, -0.2) is 8.42 Å². The lowest BCUT2D eigenvalue weighted by Crippen LogP contribution is -2.43. The number of benzene rings is 1. The predicted molar refractivity (Wildman–Crippen MR) is 139 cm³/mol. The highest BCUT2D eigenvalue weighted by atomic mass is 32.2. The van der Waals surface area contributed by atoms with Gasteiger partial charge in [-0.05, 0) is 49.6 Å². The van der Waals surface area contributed by atoms with Crippen molar-refractivity contribution >= 4 is 33.8 Å². The van der Waals surface area contributed by atoms with Gasteiger partial charge < -0.3 is 14.2 Å². The van der Waals surface area contributed by atoms with Crippen molar-refractivity contribution in [3.8, 4) is 11.6 Å². The molecule has 3 heterocycles. The molecule has 0 bridgehead atoms. The second-order valence-electron chi connectivity index (χ2n) is 8.32. The molecule has 1 aliphatic heterocycles. The molecule has 0 N–H and O–H groups in total.